The van der Waals surface area contributed by atoms with E-state index in [0.717, 1.165) is 55.6 Å². The van der Waals surface area contributed by atoms with Crippen molar-refractivity contribution in [2.24, 2.45) is 0 Å². The Bertz CT molecular complexity index is 791. The number of benzene rings is 1. The number of rotatable bonds is 4. The Kier molecular flexibility index (Phi) is 3.80. The normalized spacial score (nSPS) is 15.8. The fraction of sp³-hybridized carbons (Fsp3) is 0.389. The van der Waals surface area contributed by atoms with E-state index in [0.29, 0.717) is 11.8 Å². The van der Waals surface area contributed by atoms with Crippen molar-refractivity contribution in [3.8, 4) is 5.88 Å². The molecule has 0 amide bonds. The van der Waals surface area contributed by atoms with Crippen LogP contribution in [0.1, 0.15) is 29.7 Å². The molecule has 1 N–H and O–H groups in total. The van der Waals surface area contributed by atoms with E-state index in [-0.39, 0.29) is 6.61 Å². The average Bonchev–Trinajstić information content (AvgIpc) is 3.07. The molecule has 0 atom stereocenters. The van der Waals surface area contributed by atoms with E-state index in [1.54, 1.807) is 0 Å². The van der Waals surface area contributed by atoms with Crippen LogP contribution in [0.5, 0.6) is 5.88 Å². The number of aliphatic carboxylic acids is 1. The minimum atomic E-state index is -0.995. The number of para-hydroxylation sites is 1. The van der Waals surface area contributed by atoms with Crippen LogP contribution in [0.25, 0.3) is 0 Å². The number of carbonyl (C=O) groups is 1. The first-order valence-electron chi connectivity index (χ1n) is 8.32. The molecule has 2 aromatic rings. The summed E-state index contributed by atoms with van der Waals surface area (Å²) in [5.74, 6) is 0.0476. The number of nitrogens with zero attached hydrogens (tertiary/aromatic N) is 3. The Hall–Kier alpha value is -2.63. The molecule has 0 unspecified atom stereocenters. The van der Waals surface area contributed by atoms with Crippen LogP contribution < -0.4 is 9.64 Å². The second-order valence-corrected chi connectivity index (χ2v) is 6.17. The maximum absolute atomic E-state index is 10.8. The molecule has 1 aliphatic heterocycles. The van der Waals surface area contributed by atoms with Gasteiger partial charge in [-0.05, 0) is 43.7 Å². The molecule has 0 bridgehead atoms. The van der Waals surface area contributed by atoms with Crippen molar-refractivity contribution in [3.05, 3.63) is 41.1 Å². The standard InChI is InChI=1S/C18H19N3O3/c22-16(23)11-24-17-13-7-3-8-14(13)19-18(20-17)21-10-4-6-12-5-1-2-9-15(12)21/h1-2,5,9H,3-4,6-8,10-11H2,(H,22,23). The van der Waals surface area contributed by atoms with Crippen LogP contribution in [-0.4, -0.2) is 34.2 Å². The van der Waals surface area contributed by atoms with E-state index in [1.807, 2.05) is 12.1 Å². The predicted molar refractivity (Wildman–Crippen MR) is 89.0 cm³/mol. The Morgan fingerprint density at radius 2 is 2.04 bits per heavy atom. The molecule has 124 valence electrons. The van der Waals surface area contributed by atoms with Crippen molar-refractivity contribution in [2.45, 2.75) is 32.1 Å². The minimum Gasteiger partial charge on any atom is -0.479 e. The second kappa shape index (κ2) is 6.11. The Morgan fingerprint density at radius 1 is 1.17 bits per heavy atom. The van der Waals surface area contributed by atoms with E-state index in [4.69, 9.17) is 14.8 Å². The summed E-state index contributed by atoms with van der Waals surface area (Å²) in [6.45, 7) is 0.480. The monoisotopic (exact) mass is 325 g/mol. The lowest BCUT2D eigenvalue weighted by atomic mass is 10.0. The topological polar surface area (TPSA) is 75.6 Å². The number of carboxylic acid groups (broad SMARTS) is 1. The molecule has 4 rings (SSSR count). The fourth-order valence-electron chi connectivity index (χ4n) is 3.50. The number of hydrogen-bond donors (Lipinski definition) is 1. The third kappa shape index (κ3) is 2.68. The number of ether oxygens (including phenoxy) is 1. The van der Waals surface area contributed by atoms with Gasteiger partial charge in [-0.2, -0.15) is 4.98 Å². The van der Waals surface area contributed by atoms with E-state index < -0.39 is 5.97 Å². The average molecular weight is 325 g/mol. The van der Waals surface area contributed by atoms with Gasteiger partial charge in [0.1, 0.15) is 0 Å². The molecular formula is C18H19N3O3. The molecule has 0 saturated carbocycles. The van der Waals surface area contributed by atoms with Gasteiger partial charge in [0, 0.05) is 17.8 Å². The third-order valence-electron chi connectivity index (χ3n) is 4.57. The summed E-state index contributed by atoms with van der Waals surface area (Å²) < 4.78 is 5.45. The fourth-order valence-corrected chi connectivity index (χ4v) is 3.50. The number of hydrogen-bond acceptors (Lipinski definition) is 5. The maximum atomic E-state index is 10.8. The van der Waals surface area contributed by atoms with Crippen LogP contribution in [0.2, 0.25) is 0 Å². The van der Waals surface area contributed by atoms with Crippen LogP contribution in [0.4, 0.5) is 11.6 Å². The van der Waals surface area contributed by atoms with E-state index >= 15 is 0 Å². The summed E-state index contributed by atoms with van der Waals surface area (Å²) in [7, 11) is 0. The lowest BCUT2D eigenvalue weighted by Crippen LogP contribution is -2.27. The minimum absolute atomic E-state index is 0.376. The molecule has 24 heavy (non-hydrogen) atoms. The molecule has 6 heteroatoms. The first-order chi connectivity index (χ1) is 11.7. The van der Waals surface area contributed by atoms with Crippen LogP contribution in [0, 0.1) is 0 Å². The quantitative estimate of drug-likeness (QED) is 0.931. The summed E-state index contributed by atoms with van der Waals surface area (Å²) in [6, 6.07) is 8.29. The van der Waals surface area contributed by atoms with Crippen molar-refractivity contribution in [2.75, 3.05) is 18.1 Å². The SMILES string of the molecule is O=C(O)COc1nc(N2CCCc3ccccc32)nc2c1CCC2. The molecule has 1 aromatic heterocycles. The Morgan fingerprint density at radius 3 is 2.92 bits per heavy atom. The zero-order valence-electron chi connectivity index (χ0n) is 13.4. The van der Waals surface area contributed by atoms with Gasteiger partial charge in [-0.25, -0.2) is 9.78 Å². The largest absolute Gasteiger partial charge is 0.479 e. The zero-order chi connectivity index (χ0) is 16.5. The summed E-state index contributed by atoms with van der Waals surface area (Å²) in [6.07, 6.45) is 4.85. The molecule has 1 aromatic carbocycles. The van der Waals surface area contributed by atoms with Crippen LogP contribution in [0.3, 0.4) is 0 Å². The number of fused-ring (bicyclic) bond motifs is 2. The molecule has 0 saturated heterocycles. The highest BCUT2D eigenvalue weighted by Gasteiger charge is 2.25. The summed E-state index contributed by atoms with van der Waals surface area (Å²) in [4.78, 5) is 22.3. The van der Waals surface area contributed by atoms with Crippen LogP contribution in [-0.2, 0) is 24.1 Å². The number of aryl methyl sites for hydroxylation is 2. The van der Waals surface area contributed by atoms with Crippen molar-refractivity contribution in [1.82, 2.24) is 9.97 Å². The van der Waals surface area contributed by atoms with Gasteiger partial charge in [0.15, 0.2) is 6.61 Å². The number of carboxylic acids is 1. The van der Waals surface area contributed by atoms with Gasteiger partial charge in [-0.3, -0.25) is 0 Å². The Labute approximate surface area is 140 Å². The molecule has 2 aliphatic rings. The highest BCUT2D eigenvalue weighted by molar-refractivity contribution is 5.68. The summed E-state index contributed by atoms with van der Waals surface area (Å²) in [5, 5.41) is 8.89. The van der Waals surface area contributed by atoms with E-state index in [2.05, 4.69) is 22.0 Å². The highest BCUT2D eigenvalue weighted by atomic mass is 16.5. The molecule has 0 radical (unpaired) electrons. The van der Waals surface area contributed by atoms with Gasteiger partial charge >= 0.3 is 5.97 Å². The molecule has 0 spiro atoms. The highest BCUT2D eigenvalue weighted by Crippen LogP contribution is 2.35. The molecule has 2 heterocycles. The molecule has 0 fully saturated rings. The summed E-state index contributed by atoms with van der Waals surface area (Å²) in [5.41, 5.74) is 4.38. The molecule has 1 aliphatic carbocycles. The lowest BCUT2D eigenvalue weighted by molar-refractivity contribution is -0.139. The predicted octanol–water partition coefficient (Wildman–Crippen LogP) is 2.51. The lowest BCUT2D eigenvalue weighted by Gasteiger charge is -2.30. The smallest absolute Gasteiger partial charge is 0.341 e. The van der Waals surface area contributed by atoms with Gasteiger partial charge in [0.25, 0.3) is 0 Å². The second-order valence-electron chi connectivity index (χ2n) is 6.17. The van der Waals surface area contributed by atoms with Crippen molar-refractivity contribution >= 4 is 17.6 Å². The molecular weight excluding hydrogens is 306 g/mol. The van der Waals surface area contributed by atoms with Gasteiger partial charge in [-0.1, -0.05) is 18.2 Å². The number of anilines is 2. The molecule has 6 nitrogen and oxygen atoms in total. The summed E-state index contributed by atoms with van der Waals surface area (Å²) >= 11 is 0. The van der Waals surface area contributed by atoms with Gasteiger partial charge in [0.05, 0.1) is 5.69 Å². The van der Waals surface area contributed by atoms with Gasteiger partial charge in [0.2, 0.25) is 11.8 Å². The van der Waals surface area contributed by atoms with E-state index in [9.17, 15) is 4.79 Å². The van der Waals surface area contributed by atoms with Crippen LogP contribution in [0.15, 0.2) is 24.3 Å². The first kappa shape index (κ1) is 14.9. The van der Waals surface area contributed by atoms with Crippen molar-refractivity contribution in [1.29, 1.82) is 0 Å². The van der Waals surface area contributed by atoms with Crippen LogP contribution >= 0.6 is 0 Å². The third-order valence-corrected chi connectivity index (χ3v) is 4.57. The van der Waals surface area contributed by atoms with Crippen molar-refractivity contribution in [3.63, 3.8) is 0 Å². The van der Waals surface area contributed by atoms with Gasteiger partial charge < -0.3 is 14.7 Å². The number of aromatic nitrogens is 2. The zero-order valence-corrected chi connectivity index (χ0v) is 13.4. The maximum Gasteiger partial charge on any atom is 0.341 e. The Balaban J connectivity index is 1.74. The van der Waals surface area contributed by atoms with Gasteiger partial charge in [-0.15, -0.1) is 0 Å². The van der Waals surface area contributed by atoms with E-state index in [1.165, 1.54) is 5.56 Å². The first-order valence-corrected chi connectivity index (χ1v) is 8.32. The van der Waals surface area contributed by atoms with Crippen molar-refractivity contribution < 1.29 is 14.6 Å².